The molecule has 0 aliphatic heterocycles. The third-order valence-electron chi connectivity index (χ3n) is 2.91. The zero-order valence-electron chi connectivity index (χ0n) is 12.1. The number of methoxy groups -OCH3 is 1. The summed E-state index contributed by atoms with van der Waals surface area (Å²) in [6.07, 6.45) is 0. The fraction of sp³-hybridized carbons (Fsp3) is 0.125. The van der Waals surface area contributed by atoms with Crippen LogP contribution in [0.4, 0.5) is 11.4 Å². The van der Waals surface area contributed by atoms with Crippen LogP contribution in [0.5, 0.6) is 5.75 Å². The lowest BCUT2D eigenvalue weighted by atomic mass is 10.2. The van der Waals surface area contributed by atoms with Crippen molar-refractivity contribution >= 4 is 34.8 Å². The van der Waals surface area contributed by atoms with Gasteiger partial charge in [0.1, 0.15) is 5.75 Å². The number of carbonyl (C=O) groups excluding carboxylic acids is 2. The highest BCUT2D eigenvalue weighted by Crippen LogP contribution is 2.25. The van der Waals surface area contributed by atoms with Gasteiger partial charge in [-0.2, -0.15) is 0 Å². The first-order chi connectivity index (χ1) is 10.5. The summed E-state index contributed by atoms with van der Waals surface area (Å²) >= 11 is 5.76. The number of benzene rings is 2. The average Bonchev–Trinajstić information content (AvgIpc) is 2.49. The molecule has 0 saturated carbocycles. The minimum absolute atomic E-state index is 0.443. The van der Waals surface area contributed by atoms with Crippen LogP contribution in [0.1, 0.15) is 5.56 Å². The van der Waals surface area contributed by atoms with Gasteiger partial charge in [0.2, 0.25) is 0 Å². The van der Waals surface area contributed by atoms with Gasteiger partial charge in [-0.15, -0.1) is 0 Å². The van der Waals surface area contributed by atoms with Gasteiger partial charge in [-0.1, -0.05) is 17.7 Å². The number of hydrogen-bond acceptors (Lipinski definition) is 3. The van der Waals surface area contributed by atoms with E-state index in [2.05, 4.69) is 10.6 Å². The maximum atomic E-state index is 12.0. The standard InChI is InChI=1S/C16H15ClN2O3/c1-10-3-8-14(22-2)13(9-10)19-16(21)15(20)18-12-6-4-11(17)5-7-12/h3-9H,1-2H3,(H,18,20)(H,19,21). The van der Waals surface area contributed by atoms with Gasteiger partial charge in [0, 0.05) is 10.7 Å². The number of hydrogen-bond donors (Lipinski definition) is 2. The van der Waals surface area contributed by atoms with Crippen LogP contribution >= 0.6 is 11.6 Å². The van der Waals surface area contributed by atoms with E-state index in [9.17, 15) is 9.59 Å². The van der Waals surface area contributed by atoms with Gasteiger partial charge in [0.05, 0.1) is 12.8 Å². The molecule has 5 nitrogen and oxygen atoms in total. The summed E-state index contributed by atoms with van der Waals surface area (Å²) in [5.41, 5.74) is 1.87. The number of aryl methyl sites for hydroxylation is 1. The summed E-state index contributed by atoms with van der Waals surface area (Å²) in [7, 11) is 1.49. The summed E-state index contributed by atoms with van der Waals surface area (Å²) in [5.74, 6) is -1.07. The minimum atomic E-state index is -0.779. The molecule has 6 heteroatoms. The van der Waals surface area contributed by atoms with Crippen molar-refractivity contribution in [2.24, 2.45) is 0 Å². The normalized spacial score (nSPS) is 9.95. The molecule has 0 heterocycles. The van der Waals surface area contributed by atoms with Crippen molar-refractivity contribution in [1.29, 1.82) is 0 Å². The molecular weight excluding hydrogens is 304 g/mol. The summed E-state index contributed by atoms with van der Waals surface area (Å²) in [6, 6.07) is 11.8. The van der Waals surface area contributed by atoms with Crippen LogP contribution < -0.4 is 15.4 Å². The Morgan fingerprint density at radius 3 is 2.27 bits per heavy atom. The van der Waals surface area contributed by atoms with Gasteiger partial charge in [-0.05, 0) is 48.9 Å². The predicted octanol–water partition coefficient (Wildman–Crippen LogP) is 3.23. The average molecular weight is 319 g/mol. The highest BCUT2D eigenvalue weighted by Gasteiger charge is 2.16. The van der Waals surface area contributed by atoms with Crippen LogP contribution in [0.3, 0.4) is 0 Å². The molecule has 0 unspecified atom stereocenters. The molecule has 0 fully saturated rings. The van der Waals surface area contributed by atoms with Gasteiger partial charge in [0.25, 0.3) is 0 Å². The molecule has 0 bridgehead atoms. The van der Waals surface area contributed by atoms with E-state index in [-0.39, 0.29) is 0 Å². The smallest absolute Gasteiger partial charge is 0.314 e. The number of anilines is 2. The number of nitrogens with one attached hydrogen (secondary N) is 2. The van der Waals surface area contributed by atoms with Crippen molar-refractivity contribution in [3.63, 3.8) is 0 Å². The number of carbonyl (C=O) groups is 2. The molecule has 2 rings (SSSR count). The molecule has 114 valence electrons. The summed E-state index contributed by atoms with van der Waals surface area (Å²) < 4.78 is 5.15. The van der Waals surface area contributed by atoms with Gasteiger partial charge >= 0.3 is 11.8 Å². The molecule has 0 spiro atoms. The minimum Gasteiger partial charge on any atom is -0.495 e. The second kappa shape index (κ2) is 6.95. The lowest BCUT2D eigenvalue weighted by Crippen LogP contribution is -2.29. The Morgan fingerprint density at radius 2 is 1.64 bits per heavy atom. The van der Waals surface area contributed by atoms with E-state index in [1.54, 1.807) is 36.4 Å². The molecule has 2 N–H and O–H groups in total. The molecule has 22 heavy (non-hydrogen) atoms. The first kappa shape index (κ1) is 15.9. The summed E-state index contributed by atoms with van der Waals surface area (Å²) in [5, 5.41) is 5.57. The van der Waals surface area contributed by atoms with Crippen molar-refractivity contribution in [3.8, 4) is 5.75 Å². The zero-order chi connectivity index (χ0) is 16.1. The highest BCUT2D eigenvalue weighted by atomic mass is 35.5. The lowest BCUT2D eigenvalue weighted by molar-refractivity contribution is -0.133. The highest BCUT2D eigenvalue weighted by molar-refractivity contribution is 6.43. The molecule has 2 amide bonds. The van der Waals surface area contributed by atoms with Crippen LogP contribution in [0.25, 0.3) is 0 Å². The molecule has 0 aromatic heterocycles. The molecule has 0 aliphatic carbocycles. The second-order valence-electron chi connectivity index (χ2n) is 4.62. The molecular formula is C16H15ClN2O3. The van der Waals surface area contributed by atoms with Crippen molar-refractivity contribution in [3.05, 3.63) is 53.1 Å². The Labute approximate surface area is 133 Å². The number of rotatable bonds is 3. The van der Waals surface area contributed by atoms with Crippen LogP contribution in [-0.4, -0.2) is 18.9 Å². The van der Waals surface area contributed by atoms with Crippen molar-refractivity contribution in [2.75, 3.05) is 17.7 Å². The Hall–Kier alpha value is -2.53. The number of amides is 2. The van der Waals surface area contributed by atoms with Gasteiger partial charge in [-0.25, -0.2) is 0 Å². The summed E-state index contributed by atoms with van der Waals surface area (Å²) in [4.78, 5) is 23.8. The van der Waals surface area contributed by atoms with Crippen molar-refractivity contribution < 1.29 is 14.3 Å². The number of halogens is 1. The topological polar surface area (TPSA) is 67.4 Å². The van der Waals surface area contributed by atoms with E-state index in [4.69, 9.17) is 16.3 Å². The number of ether oxygens (including phenoxy) is 1. The monoisotopic (exact) mass is 318 g/mol. The van der Waals surface area contributed by atoms with Gasteiger partial charge < -0.3 is 15.4 Å². The molecule has 0 radical (unpaired) electrons. The van der Waals surface area contributed by atoms with E-state index >= 15 is 0 Å². The largest absolute Gasteiger partial charge is 0.495 e. The van der Waals surface area contributed by atoms with Crippen LogP contribution in [0.15, 0.2) is 42.5 Å². The van der Waals surface area contributed by atoms with E-state index in [0.717, 1.165) is 5.56 Å². The SMILES string of the molecule is COc1ccc(C)cc1NC(=O)C(=O)Nc1ccc(Cl)cc1. The maximum Gasteiger partial charge on any atom is 0.314 e. The fourth-order valence-electron chi connectivity index (χ4n) is 1.82. The Balaban J connectivity index is 2.07. The van der Waals surface area contributed by atoms with Crippen LogP contribution in [-0.2, 0) is 9.59 Å². The van der Waals surface area contributed by atoms with Gasteiger partial charge in [0.15, 0.2) is 0 Å². The van der Waals surface area contributed by atoms with E-state index in [0.29, 0.717) is 22.1 Å². The maximum absolute atomic E-state index is 12.0. The molecule has 0 atom stereocenters. The molecule has 0 saturated heterocycles. The third-order valence-corrected chi connectivity index (χ3v) is 3.16. The summed E-state index contributed by atoms with van der Waals surface area (Å²) in [6.45, 7) is 1.88. The zero-order valence-corrected chi connectivity index (χ0v) is 12.9. The Kier molecular flexibility index (Phi) is 5.01. The fourth-order valence-corrected chi connectivity index (χ4v) is 1.95. The first-order valence-electron chi connectivity index (χ1n) is 6.52. The van der Waals surface area contributed by atoms with E-state index < -0.39 is 11.8 Å². The van der Waals surface area contributed by atoms with Crippen LogP contribution in [0.2, 0.25) is 5.02 Å². The van der Waals surface area contributed by atoms with Gasteiger partial charge in [-0.3, -0.25) is 9.59 Å². The van der Waals surface area contributed by atoms with Crippen LogP contribution in [0, 0.1) is 6.92 Å². The Bertz CT molecular complexity index is 699. The van der Waals surface area contributed by atoms with E-state index in [1.807, 2.05) is 13.0 Å². The Morgan fingerprint density at radius 1 is 1.00 bits per heavy atom. The molecule has 0 aliphatic rings. The molecule has 2 aromatic rings. The second-order valence-corrected chi connectivity index (χ2v) is 5.06. The third kappa shape index (κ3) is 3.99. The van der Waals surface area contributed by atoms with E-state index in [1.165, 1.54) is 7.11 Å². The quantitative estimate of drug-likeness (QED) is 0.854. The first-order valence-corrected chi connectivity index (χ1v) is 6.90. The van der Waals surface area contributed by atoms with Crippen molar-refractivity contribution in [1.82, 2.24) is 0 Å². The molecule has 2 aromatic carbocycles. The predicted molar refractivity (Wildman–Crippen MR) is 86.4 cm³/mol. The lowest BCUT2D eigenvalue weighted by Gasteiger charge is -2.11. The van der Waals surface area contributed by atoms with Crippen molar-refractivity contribution in [2.45, 2.75) is 6.92 Å².